The van der Waals surface area contributed by atoms with Crippen molar-refractivity contribution in [3.63, 3.8) is 0 Å². The van der Waals surface area contributed by atoms with Crippen molar-refractivity contribution in [2.45, 2.75) is 39.5 Å². The van der Waals surface area contributed by atoms with E-state index in [1.165, 1.54) is 30.4 Å². The molecule has 1 radical (unpaired) electrons. The predicted molar refractivity (Wildman–Crippen MR) is 90.2 cm³/mol. The average Bonchev–Trinajstić information content (AvgIpc) is 3.30. The fraction of sp³-hybridized carbons (Fsp3) is 0.381. The molecule has 0 bridgehead atoms. The molecule has 0 heteroatoms. The van der Waals surface area contributed by atoms with Crippen LogP contribution in [0.4, 0.5) is 0 Å². The average molecular weight is 277 g/mol. The van der Waals surface area contributed by atoms with Crippen LogP contribution in [0, 0.1) is 17.8 Å². The zero-order valence-electron chi connectivity index (χ0n) is 13.2. The Labute approximate surface area is 129 Å². The Morgan fingerprint density at radius 2 is 1.62 bits per heavy atom. The molecule has 1 aliphatic carbocycles. The Hall–Kier alpha value is -1.56. The van der Waals surface area contributed by atoms with Crippen molar-refractivity contribution in [3.8, 4) is 0 Å². The summed E-state index contributed by atoms with van der Waals surface area (Å²) in [6.45, 7) is 4.65. The lowest BCUT2D eigenvalue weighted by Gasteiger charge is -2.24. The first-order valence-electron chi connectivity index (χ1n) is 8.22. The van der Waals surface area contributed by atoms with Crippen LogP contribution in [0.3, 0.4) is 0 Å². The first kappa shape index (κ1) is 14.4. The molecule has 1 saturated carbocycles. The summed E-state index contributed by atoms with van der Waals surface area (Å²) in [6.07, 6.45) is 5.18. The highest BCUT2D eigenvalue weighted by Gasteiger charge is 2.25. The van der Waals surface area contributed by atoms with Crippen LogP contribution < -0.4 is 0 Å². The lowest BCUT2D eigenvalue weighted by atomic mass is 9.80. The molecule has 0 aromatic heterocycles. The molecule has 2 aromatic carbocycles. The number of rotatable bonds is 6. The fourth-order valence-corrected chi connectivity index (χ4v) is 3.07. The SMILES string of the molecule is CC(C)[C](Cc1ccccc1)c1ccccc1CC1CC1. The topological polar surface area (TPSA) is 0 Å². The lowest BCUT2D eigenvalue weighted by Crippen LogP contribution is -2.14. The van der Waals surface area contributed by atoms with Crippen molar-refractivity contribution in [2.75, 3.05) is 0 Å². The molecular weight excluding hydrogens is 252 g/mol. The molecule has 0 unspecified atom stereocenters. The Balaban J connectivity index is 1.86. The molecule has 21 heavy (non-hydrogen) atoms. The van der Waals surface area contributed by atoms with E-state index in [2.05, 4.69) is 68.4 Å². The van der Waals surface area contributed by atoms with E-state index in [0.29, 0.717) is 5.92 Å². The molecular formula is C21H25. The zero-order valence-corrected chi connectivity index (χ0v) is 13.2. The third-order valence-electron chi connectivity index (χ3n) is 4.50. The monoisotopic (exact) mass is 277 g/mol. The third kappa shape index (κ3) is 3.75. The van der Waals surface area contributed by atoms with Gasteiger partial charge >= 0.3 is 0 Å². The molecule has 0 N–H and O–H groups in total. The smallest absolute Gasteiger partial charge is 0.0121 e. The van der Waals surface area contributed by atoms with E-state index in [4.69, 9.17) is 0 Å². The minimum absolute atomic E-state index is 0.588. The first-order valence-corrected chi connectivity index (χ1v) is 8.22. The van der Waals surface area contributed by atoms with Gasteiger partial charge in [0.15, 0.2) is 0 Å². The maximum absolute atomic E-state index is 2.33. The molecule has 0 spiro atoms. The van der Waals surface area contributed by atoms with Gasteiger partial charge in [0, 0.05) is 5.92 Å². The third-order valence-corrected chi connectivity index (χ3v) is 4.50. The van der Waals surface area contributed by atoms with E-state index in [-0.39, 0.29) is 0 Å². The van der Waals surface area contributed by atoms with Crippen LogP contribution in [0.25, 0.3) is 0 Å². The summed E-state index contributed by atoms with van der Waals surface area (Å²) < 4.78 is 0. The summed E-state index contributed by atoms with van der Waals surface area (Å²) >= 11 is 0. The largest absolute Gasteiger partial charge is 0.0622 e. The highest BCUT2D eigenvalue weighted by molar-refractivity contribution is 5.42. The molecule has 2 aromatic rings. The van der Waals surface area contributed by atoms with Crippen molar-refractivity contribution < 1.29 is 0 Å². The van der Waals surface area contributed by atoms with E-state index < -0.39 is 0 Å². The van der Waals surface area contributed by atoms with Gasteiger partial charge in [-0.15, -0.1) is 0 Å². The second-order valence-corrected chi connectivity index (χ2v) is 6.65. The van der Waals surface area contributed by atoms with Gasteiger partial charge in [0.2, 0.25) is 0 Å². The number of benzene rings is 2. The van der Waals surface area contributed by atoms with Gasteiger partial charge in [-0.2, -0.15) is 0 Å². The van der Waals surface area contributed by atoms with Crippen molar-refractivity contribution in [1.29, 1.82) is 0 Å². The Morgan fingerprint density at radius 1 is 0.952 bits per heavy atom. The fourth-order valence-electron chi connectivity index (χ4n) is 3.07. The molecule has 1 aliphatic rings. The Bertz CT molecular complexity index is 564. The number of hydrogen-bond donors (Lipinski definition) is 0. The summed E-state index contributed by atoms with van der Waals surface area (Å²) in [4.78, 5) is 0. The van der Waals surface area contributed by atoms with Gasteiger partial charge in [0.05, 0.1) is 0 Å². The van der Waals surface area contributed by atoms with Crippen molar-refractivity contribution in [2.24, 2.45) is 11.8 Å². The maximum atomic E-state index is 2.33. The molecule has 0 amide bonds. The van der Waals surface area contributed by atoms with E-state index >= 15 is 0 Å². The first-order chi connectivity index (χ1) is 10.2. The van der Waals surface area contributed by atoms with Crippen molar-refractivity contribution >= 4 is 0 Å². The van der Waals surface area contributed by atoms with E-state index in [9.17, 15) is 0 Å². The van der Waals surface area contributed by atoms with Gasteiger partial charge in [0.25, 0.3) is 0 Å². The zero-order chi connectivity index (χ0) is 14.7. The molecule has 3 rings (SSSR count). The van der Waals surface area contributed by atoms with Gasteiger partial charge < -0.3 is 0 Å². The van der Waals surface area contributed by atoms with Crippen LogP contribution in [0.2, 0.25) is 0 Å². The molecule has 0 saturated heterocycles. The van der Waals surface area contributed by atoms with E-state index in [1.807, 2.05) is 0 Å². The predicted octanol–water partition coefficient (Wildman–Crippen LogP) is 5.46. The lowest BCUT2D eigenvalue weighted by molar-refractivity contribution is 0.649. The Morgan fingerprint density at radius 3 is 2.29 bits per heavy atom. The summed E-state index contributed by atoms with van der Waals surface area (Å²) in [7, 11) is 0. The molecule has 109 valence electrons. The standard InChI is InChI=1S/C21H25/c1-16(2)21(15-17-8-4-3-5-9-17)20-11-7-6-10-19(20)14-18-12-13-18/h3-11,16,18H,12-15H2,1-2H3. The van der Waals surface area contributed by atoms with Gasteiger partial charge in [-0.3, -0.25) is 0 Å². The molecule has 0 heterocycles. The summed E-state index contributed by atoms with van der Waals surface area (Å²) in [5, 5.41) is 0. The highest BCUT2D eigenvalue weighted by atomic mass is 14.3. The summed E-state index contributed by atoms with van der Waals surface area (Å²) in [5.41, 5.74) is 4.48. The van der Waals surface area contributed by atoms with E-state index in [1.54, 1.807) is 11.5 Å². The normalized spacial score (nSPS) is 14.9. The van der Waals surface area contributed by atoms with Crippen LogP contribution in [0.1, 0.15) is 43.4 Å². The molecule has 0 atom stereocenters. The minimum atomic E-state index is 0.588. The quantitative estimate of drug-likeness (QED) is 0.657. The van der Waals surface area contributed by atoms with Crippen LogP contribution in [0.5, 0.6) is 0 Å². The Kier molecular flexibility index (Phi) is 4.43. The van der Waals surface area contributed by atoms with Crippen LogP contribution in [-0.4, -0.2) is 0 Å². The molecule has 1 fully saturated rings. The van der Waals surface area contributed by atoms with E-state index in [0.717, 1.165) is 12.3 Å². The van der Waals surface area contributed by atoms with Gasteiger partial charge in [0.1, 0.15) is 0 Å². The van der Waals surface area contributed by atoms with Crippen LogP contribution in [0.15, 0.2) is 54.6 Å². The summed E-state index contributed by atoms with van der Waals surface area (Å²) in [5.74, 6) is 3.11. The maximum Gasteiger partial charge on any atom is 0.0121 e. The second-order valence-electron chi connectivity index (χ2n) is 6.65. The van der Waals surface area contributed by atoms with Gasteiger partial charge in [-0.1, -0.05) is 68.4 Å². The number of hydrogen-bond acceptors (Lipinski definition) is 0. The van der Waals surface area contributed by atoms with Crippen molar-refractivity contribution in [1.82, 2.24) is 0 Å². The summed E-state index contributed by atoms with van der Waals surface area (Å²) in [6, 6.07) is 19.9. The van der Waals surface area contributed by atoms with Gasteiger partial charge in [-0.25, -0.2) is 0 Å². The highest BCUT2D eigenvalue weighted by Crippen LogP contribution is 2.36. The van der Waals surface area contributed by atoms with Crippen LogP contribution >= 0.6 is 0 Å². The molecule has 0 nitrogen and oxygen atoms in total. The van der Waals surface area contributed by atoms with Crippen LogP contribution in [-0.2, 0) is 12.8 Å². The minimum Gasteiger partial charge on any atom is -0.0622 e. The second kappa shape index (κ2) is 6.47. The molecule has 0 aliphatic heterocycles. The van der Waals surface area contributed by atoms with Crippen molar-refractivity contribution in [3.05, 3.63) is 77.2 Å². The van der Waals surface area contributed by atoms with Gasteiger partial charge in [-0.05, 0) is 54.2 Å².